The number of halogens is 4. The van der Waals surface area contributed by atoms with Gasteiger partial charge in [0.25, 0.3) is 5.24 Å². The van der Waals surface area contributed by atoms with Gasteiger partial charge in [0.05, 0.1) is 5.02 Å². The molecule has 0 spiro atoms. The molecule has 0 bridgehead atoms. The highest BCUT2D eigenvalue weighted by atomic mass is 79.9. The minimum absolute atomic E-state index is 0.396. The predicted molar refractivity (Wildman–Crippen MR) is 57.0 cm³/mol. The van der Waals surface area contributed by atoms with Crippen LogP contribution in [-0.2, 0) is 0 Å². The van der Waals surface area contributed by atoms with Gasteiger partial charge in [0.1, 0.15) is 0 Å². The van der Waals surface area contributed by atoms with Gasteiger partial charge in [0, 0.05) is 14.5 Å². The summed E-state index contributed by atoms with van der Waals surface area (Å²) in [7, 11) is 0. The summed E-state index contributed by atoms with van der Waals surface area (Å²) < 4.78 is 1.24. The lowest BCUT2D eigenvalue weighted by Gasteiger charge is -2.01. The van der Waals surface area contributed by atoms with Crippen molar-refractivity contribution >= 4 is 60.3 Å². The van der Waals surface area contributed by atoms with Crippen molar-refractivity contribution in [1.29, 1.82) is 0 Å². The van der Waals surface area contributed by atoms with Gasteiger partial charge < -0.3 is 0 Å². The minimum Gasteiger partial charge on any atom is -0.276 e. The van der Waals surface area contributed by atoms with Crippen molar-refractivity contribution in [1.82, 2.24) is 0 Å². The van der Waals surface area contributed by atoms with Gasteiger partial charge in [0.2, 0.25) is 0 Å². The molecule has 0 amide bonds. The quantitative estimate of drug-likeness (QED) is 0.555. The van der Waals surface area contributed by atoms with Gasteiger partial charge in [0.15, 0.2) is 0 Å². The molecule has 0 heterocycles. The molecule has 12 heavy (non-hydrogen) atoms. The summed E-state index contributed by atoms with van der Waals surface area (Å²) in [5, 5.41) is 0.0165. The van der Waals surface area contributed by atoms with Gasteiger partial charge in [-0.25, -0.2) is 0 Å². The Balaban J connectivity index is 3.33. The van der Waals surface area contributed by atoms with E-state index in [1.54, 1.807) is 12.1 Å². The Morgan fingerprint density at radius 2 is 1.83 bits per heavy atom. The number of hydrogen-bond acceptors (Lipinski definition) is 1. The van der Waals surface area contributed by atoms with Crippen LogP contribution in [0.2, 0.25) is 5.02 Å². The van der Waals surface area contributed by atoms with Gasteiger partial charge in [-0.1, -0.05) is 11.6 Å². The van der Waals surface area contributed by atoms with Crippen LogP contribution < -0.4 is 0 Å². The monoisotopic (exact) mass is 330 g/mol. The molecular formula is C7H2Br2Cl2O. The normalized spacial score (nSPS) is 10.0. The van der Waals surface area contributed by atoms with Gasteiger partial charge in [-0.3, -0.25) is 4.79 Å². The van der Waals surface area contributed by atoms with Crippen LogP contribution in [0.3, 0.4) is 0 Å². The third kappa shape index (κ3) is 2.22. The third-order valence-electron chi connectivity index (χ3n) is 1.22. The maximum absolute atomic E-state index is 10.8. The lowest BCUT2D eigenvalue weighted by Crippen LogP contribution is -1.90. The molecule has 5 heteroatoms. The summed E-state index contributed by atoms with van der Waals surface area (Å²) in [4.78, 5) is 10.8. The van der Waals surface area contributed by atoms with E-state index in [-0.39, 0.29) is 0 Å². The van der Waals surface area contributed by atoms with E-state index in [1.165, 1.54) is 0 Å². The SMILES string of the molecule is O=C(Cl)c1cc(Br)c(Cl)cc1Br. The first-order valence-corrected chi connectivity index (χ1v) is 5.21. The zero-order valence-electron chi connectivity index (χ0n) is 5.57. The Kier molecular flexibility index (Phi) is 3.58. The van der Waals surface area contributed by atoms with Gasteiger partial charge in [-0.2, -0.15) is 0 Å². The molecule has 0 saturated heterocycles. The first-order chi connectivity index (χ1) is 5.52. The lowest BCUT2D eigenvalue weighted by molar-refractivity contribution is 0.108. The number of carbonyl (C=O) groups excluding carboxylic acids is 1. The van der Waals surface area contributed by atoms with Crippen molar-refractivity contribution < 1.29 is 4.79 Å². The molecule has 0 radical (unpaired) electrons. The minimum atomic E-state index is -0.515. The predicted octanol–water partition coefficient (Wildman–Crippen LogP) is 4.24. The van der Waals surface area contributed by atoms with Crippen molar-refractivity contribution in [2.45, 2.75) is 0 Å². The number of hydrogen-bond donors (Lipinski definition) is 0. The van der Waals surface area contributed by atoms with Crippen LogP contribution in [0.4, 0.5) is 0 Å². The molecule has 64 valence electrons. The Labute approximate surface area is 96.3 Å². The fourth-order valence-corrected chi connectivity index (χ4v) is 2.11. The topological polar surface area (TPSA) is 17.1 Å². The van der Waals surface area contributed by atoms with Gasteiger partial charge in [-0.15, -0.1) is 0 Å². The van der Waals surface area contributed by atoms with E-state index >= 15 is 0 Å². The second-order valence-electron chi connectivity index (χ2n) is 2.02. The van der Waals surface area contributed by atoms with E-state index in [9.17, 15) is 4.79 Å². The van der Waals surface area contributed by atoms with E-state index in [2.05, 4.69) is 31.9 Å². The van der Waals surface area contributed by atoms with Crippen molar-refractivity contribution in [3.8, 4) is 0 Å². The Morgan fingerprint density at radius 3 is 2.33 bits per heavy atom. The average Bonchev–Trinajstić information content (AvgIpc) is 1.96. The van der Waals surface area contributed by atoms with Crippen molar-refractivity contribution in [2.24, 2.45) is 0 Å². The smallest absolute Gasteiger partial charge is 0.253 e. The first kappa shape index (κ1) is 10.5. The Morgan fingerprint density at radius 1 is 1.25 bits per heavy atom. The van der Waals surface area contributed by atoms with Gasteiger partial charge in [-0.05, 0) is 55.6 Å². The van der Waals surface area contributed by atoms with E-state index in [0.717, 1.165) is 0 Å². The molecule has 0 aromatic heterocycles. The summed E-state index contributed by atoms with van der Waals surface area (Å²) >= 11 is 17.4. The van der Waals surface area contributed by atoms with E-state index in [4.69, 9.17) is 23.2 Å². The molecule has 0 aliphatic heterocycles. The second-order valence-corrected chi connectivity index (χ2v) is 4.48. The van der Waals surface area contributed by atoms with Crippen LogP contribution in [-0.4, -0.2) is 5.24 Å². The van der Waals surface area contributed by atoms with Crippen LogP contribution in [0.1, 0.15) is 10.4 Å². The van der Waals surface area contributed by atoms with Crippen LogP contribution in [0.5, 0.6) is 0 Å². The average molecular weight is 333 g/mol. The standard InChI is InChI=1S/C7H2Br2Cl2O/c8-4-2-6(10)5(9)1-3(4)7(11)12/h1-2H. The highest BCUT2D eigenvalue weighted by molar-refractivity contribution is 9.11. The summed E-state index contributed by atoms with van der Waals surface area (Å²) in [6, 6.07) is 3.18. The van der Waals surface area contributed by atoms with E-state index < -0.39 is 5.24 Å². The van der Waals surface area contributed by atoms with Crippen molar-refractivity contribution in [2.75, 3.05) is 0 Å². The number of benzene rings is 1. The zero-order chi connectivity index (χ0) is 9.30. The molecule has 0 saturated carbocycles. The highest BCUT2D eigenvalue weighted by Crippen LogP contribution is 2.30. The van der Waals surface area contributed by atoms with Crippen LogP contribution in [0.25, 0.3) is 0 Å². The molecule has 1 aromatic rings. The highest BCUT2D eigenvalue weighted by Gasteiger charge is 2.09. The first-order valence-electron chi connectivity index (χ1n) is 2.86. The zero-order valence-corrected chi connectivity index (χ0v) is 10.3. The van der Waals surface area contributed by atoms with Crippen LogP contribution in [0.15, 0.2) is 21.1 Å². The largest absolute Gasteiger partial charge is 0.276 e. The summed E-state index contributed by atoms with van der Waals surface area (Å²) in [6.45, 7) is 0. The van der Waals surface area contributed by atoms with E-state index in [0.29, 0.717) is 19.5 Å². The van der Waals surface area contributed by atoms with Crippen LogP contribution >= 0.6 is 55.1 Å². The van der Waals surface area contributed by atoms with Crippen molar-refractivity contribution in [3.05, 3.63) is 31.7 Å². The maximum Gasteiger partial charge on any atom is 0.253 e. The molecular weight excluding hydrogens is 331 g/mol. The maximum atomic E-state index is 10.8. The molecule has 1 aromatic carbocycles. The summed E-state index contributed by atoms with van der Waals surface area (Å²) in [6.07, 6.45) is 0. The lowest BCUT2D eigenvalue weighted by atomic mass is 10.2. The summed E-state index contributed by atoms with van der Waals surface area (Å²) in [5.74, 6) is 0. The number of rotatable bonds is 1. The fraction of sp³-hybridized carbons (Fsp3) is 0. The molecule has 0 N–H and O–H groups in total. The van der Waals surface area contributed by atoms with Gasteiger partial charge >= 0.3 is 0 Å². The molecule has 0 atom stereocenters. The Hall–Kier alpha value is 0.430. The summed E-state index contributed by atoms with van der Waals surface area (Å²) in [5.41, 5.74) is 0.396. The molecule has 0 fully saturated rings. The number of carbonyl (C=O) groups is 1. The molecule has 0 aliphatic rings. The molecule has 1 rings (SSSR count). The molecule has 0 aliphatic carbocycles. The second kappa shape index (κ2) is 4.09. The van der Waals surface area contributed by atoms with Crippen molar-refractivity contribution in [3.63, 3.8) is 0 Å². The third-order valence-corrected chi connectivity index (χ3v) is 3.28. The molecule has 0 unspecified atom stereocenters. The van der Waals surface area contributed by atoms with Crippen LogP contribution in [0, 0.1) is 0 Å². The Bertz CT molecular complexity index is 338. The fourth-order valence-electron chi connectivity index (χ4n) is 0.673. The molecule has 1 nitrogen and oxygen atoms in total. The van der Waals surface area contributed by atoms with E-state index in [1.807, 2.05) is 0 Å².